The Bertz CT molecular complexity index is 549. The second-order valence-electron chi connectivity index (χ2n) is 3.72. The molecule has 2 aromatic rings. The first-order chi connectivity index (χ1) is 8.66. The van der Waals surface area contributed by atoms with Gasteiger partial charge in [0.15, 0.2) is 0 Å². The van der Waals surface area contributed by atoms with Gasteiger partial charge in [-0.05, 0) is 29.8 Å². The third-order valence-electron chi connectivity index (χ3n) is 2.41. The first kappa shape index (κ1) is 12.6. The van der Waals surface area contributed by atoms with Gasteiger partial charge < -0.3 is 9.84 Å². The minimum absolute atomic E-state index is 0.0710. The lowest BCUT2D eigenvalue weighted by Gasteiger charge is -2.06. The molecule has 18 heavy (non-hydrogen) atoms. The lowest BCUT2D eigenvalue weighted by molar-refractivity contribution is 0.0469. The summed E-state index contributed by atoms with van der Waals surface area (Å²) in [6.45, 7) is 0.181. The predicted octanol–water partition coefficient (Wildman–Crippen LogP) is 3.51. The van der Waals surface area contributed by atoms with Crippen LogP contribution in [-0.2, 0) is 11.3 Å². The Balaban J connectivity index is 2.01. The highest BCUT2D eigenvalue weighted by molar-refractivity contribution is 9.10. The molecule has 0 aliphatic carbocycles. The third kappa shape index (κ3) is 3.11. The molecule has 0 unspecified atom stereocenters. The summed E-state index contributed by atoms with van der Waals surface area (Å²) in [4.78, 5) is 11.7. The van der Waals surface area contributed by atoms with Gasteiger partial charge >= 0.3 is 5.97 Å². The van der Waals surface area contributed by atoms with Gasteiger partial charge in [-0.1, -0.05) is 40.2 Å². The molecule has 2 rings (SSSR count). The van der Waals surface area contributed by atoms with E-state index < -0.39 is 5.97 Å². The minimum atomic E-state index is -0.531. The lowest BCUT2D eigenvalue weighted by atomic mass is 10.2. The van der Waals surface area contributed by atoms with Crippen LogP contribution in [0.3, 0.4) is 0 Å². The number of rotatable bonds is 3. The standard InChI is InChI=1S/C14H11BrO3/c15-11-7-5-10(6-8-11)9-18-14(17)12-3-1-2-4-13(12)16/h1-8,16H,9H2. The third-order valence-corrected chi connectivity index (χ3v) is 2.94. The number of hydrogen-bond donors (Lipinski definition) is 1. The van der Waals surface area contributed by atoms with Gasteiger partial charge in [0.25, 0.3) is 0 Å². The SMILES string of the molecule is O=C(OCc1ccc(Br)cc1)c1ccccc1O. The van der Waals surface area contributed by atoms with Crippen molar-refractivity contribution in [2.75, 3.05) is 0 Å². The van der Waals surface area contributed by atoms with Crippen molar-refractivity contribution in [1.82, 2.24) is 0 Å². The summed E-state index contributed by atoms with van der Waals surface area (Å²) in [7, 11) is 0. The van der Waals surface area contributed by atoms with Gasteiger partial charge in [0.1, 0.15) is 17.9 Å². The van der Waals surface area contributed by atoms with Crippen LogP contribution < -0.4 is 0 Å². The van der Waals surface area contributed by atoms with Crippen LogP contribution in [0.4, 0.5) is 0 Å². The fourth-order valence-electron chi connectivity index (χ4n) is 1.45. The van der Waals surface area contributed by atoms with E-state index in [9.17, 15) is 9.90 Å². The fraction of sp³-hybridized carbons (Fsp3) is 0.0714. The van der Waals surface area contributed by atoms with Gasteiger partial charge in [0, 0.05) is 4.47 Å². The molecule has 0 aliphatic heterocycles. The number of ether oxygens (including phenoxy) is 1. The largest absolute Gasteiger partial charge is 0.507 e. The van der Waals surface area contributed by atoms with Gasteiger partial charge in [-0.15, -0.1) is 0 Å². The highest BCUT2D eigenvalue weighted by Gasteiger charge is 2.11. The monoisotopic (exact) mass is 306 g/mol. The number of benzene rings is 2. The smallest absolute Gasteiger partial charge is 0.342 e. The van der Waals surface area contributed by atoms with Crippen LogP contribution in [0.1, 0.15) is 15.9 Å². The van der Waals surface area contributed by atoms with Gasteiger partial charge in [-0.3, -0.25) is 0 Å². The molecule has 0 bridgehead atoms. The Morgan fingerprint density at radius 1 is 1.11 bits per heavy atom. The van der Waals surface area contributed by atoms with E-state index in [1.165, 1.54) is 12.1 Å². The summed E-state index contributed by atoms with van der Waals surface area (Å²) < 4.78 is 6.09. The molecule has 0 aromatic heterocycles. The zero-order valence-corrected chi connectivity index (χ0v) is 11.1. The molecule has 4 heteroatoms. The molecule has 0 radical (unpaired) electrons. The van der Waals surface area contributed by atoms with E-state index in [1.807, 2.05) is 24.3 Å². The molecular formula is C14H11BrO3. The molecule has 1 N–H and O–H groups in total. The second-order valence-corrected chi connectivity index (χ2v) is 4.64. The van der Waals surface area contributed by atoms with Crippen LogP contribution >= 0.6 is 15.9 Å². The van der Waals surface area contributed by atoms with Gasteiger partial charge in [-0.25, -0.2) is 4.79 Å². The van der Waals surface area contributed by atoms with Crippen LogP contribution in [0.2, 0.25) is 0 Å². The van der Waals surface area contributed by atoms with Crippen LogP contribution in [0, 0.1) is 0 Å². The molecule has 0 heterocycles. The molecule has 2 aromatic carbocycles. The van der Waals surface area contributed by atoms with Crippen molar-refractivity contribution in [3.63, 3.8) is 0 Å². The molecule has 0 spiro atoms. The van der Waals surface area contributed by atoms with E-state index in [2.05, 4.69) is 15.9 Å². The first-order valence-electron chi connectivity index (χ1n) is 5.36. The number of phenols is 1. The quantitative estimate of drug-likeness (QED) is 0.883. The van der Waals surface area contributed by atoms with Crippen LogP contribution in [0.25, 0.3) is 0 Å². The van der Waals surface area contributed by atoms with Gasteiger partial charge in [0.05, 0.1) is 0 Å². The van der Waals surface area contributed by atoms with Crippen molar-refractivity contribution in [3.05, 3.63) is 64.1 Å². The highest BCUT2D eigenvalue weighted by atomic mass is 79.9. The van der Waals surface area contributed by atoms with E-state index in [-0.39, 0.29) is 17.9 Å². The van der Waals surface area contributed by atoms with Crippen molar-refractivity contribution in [2.24, 2.45) is 0 Å². The summed E-state index contributed by atoms with van der Waals surface area (Å²) in [6.07, 6.45) is 0. The average Bonchev–Trinajstić information content (AvgIpc) is 2.38. The van der Waals surface area contributed by atoms with Gasteiger partial charge in [-0.2, -0.15) is 0 Å². The predicted molar refractivity (Wildman–Crippen MR) is 71.4 cm³/mol. The zero-order valence-electron chi connectivity index (χ0n) is 9.47. The maximum absolute atomic E-state index is 11.7. The Hall–Kier alpha value is -1.81. The molecule has 92 valence electrons. The maximum atomic E-state index is 11.7. The van der Waals surface area contributed by atoms with Crippen molar-refractivity contribution < 1.29 is 14.6 Å². The molecule has 0 saturated heterocycles. The van der Waals surface area contributed by atoms with Crippen LogP contribution in [0.15, 0.2) is 53.0 Å². The molecule has 0 saturated carbocycles. The summed E-state index contributed by atoms with van der Waals surface area (Å²) in [6, 6.07) is 13.8. The van der Waals surface area contributed by atoms with E-state index in [4.69, 9.17) is 4.74 Å². The van der Waals surface area contributed by atoms with Crippen molar-refractivity contribution >= 4 is 21.9 Å². The normalized spacial score (nSPS) is 10.1. The molecule has 0 aliphatic rings. The molecular weight excluding hydrogens is 296 g/mol. The Kier molecular flexibility index (Phi) is 3.99. The number of esters is 1. The van der Waals surface area contributed by atoms with E-state index in [0.29, 0.717) is 0 Å². The number of carbonyl (C=O) groups excluding carboxylic acids is 1. The van der Waals surface area contributed by atoms with Crippen molar-refractivity contribution in [1.29, 1.82) is 0 Å². The summed E-state index contributed by atoms with van der Waals surface area (Å²) in [5.41, 5.74) is 1.07. The maximum Gasteiger partial charge on any atom is 0.342 e. The van der Waals surface area contributed by atoms with E-state index >= 15 is 0 Å². The fourth-order valence-corrected chi connectivity index (χ4v) is 1.72. The number of carbonyl (C=O) groups is 1. The number of aromatic hydroxyl groups is 1. The minimum Gasteiger partial charge on any atom is -0.507 e. The number of hydrogen-bond acceptors (Lipinski definition) is 3. The Morgan fingerprint density at radius 3 is 2.44 bits per heavy atom. The molecule has 0 fully saturated rings. The number of para-hydroxylation sites is 1. The Morgan fingerprint density at radius 2 is 1.78 bits per heavy atom. The van der Waals surface area contributed by atoms with Crippen molar-refractivity contribution in [3.8, 4) is 5.75 Å². The topological polar surface area (TPSA) is 46.5 Å². The second kappa shape index (κ2) is 5.69. The molecule has 3 nitrogen and oxygen atoms in total. The van der Waals surface area contributed by atoms with Gasteiger partial charge in [0.2, 0.25) is 0 Å². The van der Waals surface area contributed by atoms with Crippen LogP contribution in [-0.4, -0.2) is 11.1 Å². The first-order valence-corrected chi connectivity index (χ1v) is 6.15. The lowest BCUT2D eigenvalue weighted by Crippen LogP contribution is -2.05. The zero-order chi connectivity index (χ0) is 13.0. The summed E-state index contributed by atoms with van der Waals surface area (Å²) in [5, 5.41) is 9.51. The van der Waals surface area contributed by atoms with E-state index in [0.717, 1.165) is 10.0 Å². The molecule has 0 amide bonds. The highest BCUT2D eigenvalue weighted by Crippen LogP contribution is 2.17. The summed E-state index contributed by atoms with van der Waals surface area (Å²) >= 11 is 3.33. The number of halogens is 1. The van der Waals surface area contributed by atoms with Crippen LogP contribution in [0.5, 0.6) is 5.75 Å². The Labute approximate surface area is 113 Å². The molecule has 0 atom stereocenters. The average molecular weight is 307 g/mol. The number of phenolic OH excluding ortho intramolecular Hbond substituents is 1. The van der Waals surface area contributed by atoms with Crippen molar-refractivity contribution in [2.45, 2.75) is 6.61 Å². The van der Waals surface area contributed by atoms with E-state index in [1.54, 1.807) is 12.1 Å². The summed E-state index contributed by atoms with van der Waals surface area (Å²) in [5.74, 6) is -0.602.